The Balaban J connectivity index is 1.83. The number of nitrogen functional groups attached to an aromatic ring is 1. The largest absolute Gasteiger partial charge is 0.399 e. The fraction of sp³-hybridized carbons (Fsp3) is 0.611. The summed E-state index contributed by atoms with van der Waals surface area (Å²) >= 11 is 0. The standard InChI is InChI=1S/C18H25NO/c1-2-13-5-3-4-6-16(13)17(20)18(11-12-18)14-7-9-15(19)10-8-14/h7-10,13,16H,2-6,11-12,19H2,1H3. The van der Waals surface area contributed by atoms with Gasteiger partial charge in [-0.05, 0) is 49.3 Å². The molecule has 0 aromatic heterocycles. The Morgan fingerprint density at radius 1 is 1.20 bits per heavy atom. The average molecular weight is 271 g/mol. The van der Waals surface area contributed by atoms with Crippen molar-refractivity contribution in [2.24, 2.45) is 11.8 Å². The van der Waals surface area contributed by atoms with Crippen molar-refractivity contribution in [2.45, 2.75) is 57.3 Å². The lowest BCUT2D eigenvalue weighted by atomic mass is 9.71. The maximum Gasteiger partial charge on any atom is 0.146 e. The maximum absolute atomic E-state index is 13.1. The van der Waals surface area contributed by atoms with Gasteiger partial charge in [-0.3, -0.25) is 4.79 Å². The van der Waals surface area contributed by atoms with E-state index in [-0.39, 0.29) is 5.41 Å². The fourth-order valence-corrected chi connectivity index (χ4v) is 4.00. The Morgan fingerprint density at radius 2 is 1.85 bits per heavy atom. The zero-order valence-corrected chi connectivity index (χ0v) is 12.4. The molecular formula is C18H25NO. The summed E-state index contributed by atoms with van der Waals surface area (Å²) < 4.78 is 0. The van der Waals surface area contributed by atoms with Crippen LogP contribution in [0.25, 0.3) is 0 Å². The monoisotopic (exact) mass is 271 g/mol. The Morgan fingerprint density at radius 3 is 2.45 bits per heavy atom. The molecule has 20 heavy (non-hydrogen) atoms. The van der Waals surface area contributed by atoms with Crippen LogP contribution >= 0.6 is 0 Å². The second kappa shape index (κ2) is 5.23. The van der Waals surface area contributed by atoms with E-state index < -0.39 is 0 Å². The van der Waals surface area contributed by atoms with Gasteiger partial charge in [0.15, 0.2) is 0 Å². The van der Waals surface area contributed by atoms with E-state index in [9.17, 15) is 4.79 Å². The van der Waals surface area contributed by atoms with E-state index in [1.165, 1.54) is 24.8 Å². The van der Waals surface area contributed by atoms with Gasteiger partial charge in [-0.2, -0.15) is 0 Å². The van der Waals surface area contributed by atoms with Crippen LogP contribution in [0.15, 0.2) is 24.3 Å². The van der Waals surface area contributed by atoms with Crippen molar-refractivity contribution in [3.05, 3.63) is 29.8 Å². The molecule has 0 spiro atoms. The van der Waals surface area contributed by atoms with Crippen molar-refractivity contribution in [1.82, 2.24) is 0 Å². The van der Waals surface area contributed by atoms with Crippen LogP contribution in [0.5, 0.6) is 0 Å². The van der Waals surface area contributed by atoms with Gasteiger partial charge in [0.25, 0.3) is 0 Å². The van der Waals surface area contributed by atoms with Crippen molar-refractivity contribution in [3.63, 3.8) is 0 Å². The third-order valence-corrected chi connectivity index (χ3v) is 5.46. The van der Waals surface area contributed by atoms with E-state index in [1.807, 2.05) is 12.1 Å². The molecule has 2 heteroatoms. The van der Waals surface area contributed by atoms with Gasteiger partial charge in [0.1, 0.15) is 5.78 Å². The van der Waals surface area contributed by atoms with Gasteiger partial charge in [-0.1, -0.05) is 38.3 Å². The van der Waals surface area contributed by atoms with Gasteiger partial charge in [0.05, 0.1) is 5.41 Å². The average Bonchev–Trinajstić information content (AvgIpc) is 3.29. The van der Waals surface area contributed by atoms with Crippen LogP contribution in [0.4, 0.5) is 5.69 Å². The highest BCUT2D eigenvalue weighted by Gasteiger charge is 2.53. The lowest BCUT2D eigenvalue weighted by Crippen LogP contribution is -2.34. The van der Waals surface area contributed by atoms with Crippen LogP contribution in [0.3, 0.4) is 0 Å². The quantitative estimate of drug-likeness (QED) is 0.838. The third kappa shape index (κ3) is 2.25. The second-order valence-electron chi connectivity index (χ2n) is 6.63. The molecule has 1 aromatic carbocycles. The first-order chi connectivity index (χ1) is 9.67. The maximum atomic E-state index is 13.1. The van der Waals surface area contributed by atoms with Crippen LogP contribution in [-0.2, 0) is 10.2 Å². The normalized spacial score (nSPS) is 28.1. The number of ketones is 1. The van der Waals surface area contributed by atoms with Crippen molar-refractivity contribution < 1.29 is 4.79 Å². The molecule has 0 bridgehead atoms. The Hall–Kier alpha value is -1.31. The van der Waals surface area contributed by atoms with Gasteiger partial charge in [-0.15, -0.1) is 0 Å². The number of rotatable bonds is 4. The van der Waals surface area contributed by atoms with E-state index in [1.54, 1.807) is 0 Å². The number of hydrogen-bond donors (Lipinski definition) is 1. The molecule has 0 heterocycles. The molecule has 2 aliphatic rings. The van der Waals surface area contributed by atoms with Gasteiger partial charge < -0.3 is 5.73 Å². The van der Waals surface area contributed by atoms with E-state index in [2.05, 4.69) is 19.1 Å². The van der Waals surface area contributed by atoms with Crippen LogP contribution in [0, 0.1) is 11.8 Å². The molecule has 2 saturated carbocycles. The fourth-order valence-electron chi connectivity index (χ4n) is 4.00. The third-order valence-electron chi connectivity index (χ3n) is 5.46. The first-order valence-electron chi connectivity index (χ1n) is 8.08. The number of benzene rings is 1. The van der Waals surface area contributed by atoms with Crippen molar-refractivity contribution in [1.29, 1.82) is 0 Å². The highest BCUT2D eigenvalue weighted by atomic mass is 16.1. The van der Waals surface area contributed by atoms with Crippen molar-refractivity contribution in [3.8, 4) is 0 Å². The summed E-state index contributed by atoms with van der Waals surface area (Å²) in [5, 5.41) is 0. The van der Waals surface area contributed by atoms with Crippen LogP contribution in [-0.4, -0.2) is 5.78 Å². The highest BCUT2D eigenvalue weighted by molar-refractivity contribution is 5.95. The van der Waals surface area contributed by atoms with Gasteiger partial charge in [0, 0.05) is 11.6 Å². The topological polar surface area (TPSA) is 43.1 Å². The molecule has 0 radical (unpaired) electrons. The van der Waals surface area contributed by atoms with Crippen LogP contribution in [0.1, 0.15) is 57.4 Å². The number of carbonyl (C=O) groups is 1. The highest BCUT2D eigenvalue weighted by Crippen LogP contribution is 2.53. The minimum atomic E-state index is -0.164. The summed E-state index contributed by atoms with van der Waals surface area (Å²) in [6.45, 7) is 2.24. The summed E-state index contributed by atoms with van der Waals surface area (Å²) in [5.74, 6) is 1.44. The van der Waals surface area contributed by atoms with Crippen LogP contribution < -0.4 is 5.73 Å². The van der Waals surface area contributed by atoms with E-state index in [0.29, 0.717) is 17.6 Å². The molecule has 2 aliphatic carbocycles. The minimum Gasteiger partial charge on any atom is -0.399 e. The first-order valence-corrected chi connectivity index (χ1v) is 8.08. The lowest BCUT2D eigenvalue weighted by molar-refractivity contribution is -0.128. The molecule has 2 atom stereocenters. The Labute approximate surface area is 121 Å². The van der Waals surface area contributed by atoms with Gasteiger partial charge >= 0.3 is 0 Å². The summed E-state index contributed by atoms with van der Waals surface area (Å²) in [4.78, 5) is 13.1. The van der Waals surface area contributed by atoms with E-state index >= 15 is 0 Å². The molecule has 2 unspecified atom stereocenters. The SMILES string of the molecule is CCC1CCCCC1C(=O)C1(c2ccc(N)cc2)CC1. The number of carbonyl (C=O) groups excluding carboxylic acids is 1. The lowest BCUT2D eigenvalue weighted by Gasteiger charge is -2.32. The predicted molar refractivity (Wildman–Crippen MR) is 82.5 cm³/mol. The second-order valence-corrected chi connectivity index (χ2v) is 6.63. The first kappa shape index (κ1) is 13.7. The Bertz CT molecular complexity index is 487. The zero-order valence-electron chi connectivity index (χ0n) is 12.4. The van der Waals surface area contributed by atoms with Crippen LogP contribution in [0.2, 0.25) is 0 Å². The number of anilines is 1. The molecular weight excluding hydrogens is 246 g/mol. The molecule has 1 aromatic rings. The summed E-state index contributed by atoms with van der Waals surface area (Å²) in [7, 11) is 0. The Kier molecular flexibility index (Phi) is 3.57. The van der Waals surface area contributed by atoms with Gasteiger partial charge in [0.2, 0.25) is 0 Å². The zero-order chi connectivity index (χ0) is 14.2. The summed E-state index contributed by atoms with van der Waals surface area (Å²) in [6.07, 6.45) is 8.08. The number of nitrogens with two attached hydrogens (primary N) is 1. The smallest absolute Gasteiger partial charge is 0.146 e. The summed E-state index contributed by atoms with van der Waals surface area (Å²) in [5.41, 5.74) is 7.57. The van der Waals surface area contributed by atoms with Crippen molar-refractivity contribution >= 4 is 11.5 Å². The molecule has 2 N–H and O–H groups in total. The number of hydrogen-bond acceptors (Lipinski definition) is 2. The van der Waals surface area contributed by atoms with Crippen molar-refractivity contribution in [2.75, 3.05) is 5.73 Å². The summed E-state index contributed by atoms with van der Waals surface area (Å²) in [6, 6.07) is 7.98. The number of Topliss-reactive ketones (excluding diaryl/α,β-unsaturated/α-hetero) is 1. The minimum absolute atomic E-state index is 0.164. The van der Waals surface area contributed by atoms with Gasteiger partial charge in [-0.25, -0.2) is 0 Å². The molecule has 2 fully saturated rings. The molecule has 3 rings (SSSR count). The molecule has 0 saturated heterocycles. The molecule has 0 aliphatic heterocycles. The molecule has 2 nitrogen and oxygen atoms in total. The molecule has 108 valence electrons. The van der Waals surface area contributed by atoms with E-state index in [4.69, 9.17) is 5.73 Å². The predicted octanol–water partition coefficient (Wildman–Crippen LogP) is 4.09. The molecule has 0 amide bonds. The van der Waals surface area contributed by atoms with E-state index in [0.717, 1.165) is 31.4 Å².